The lowest BCUT2D eigenvalue weighted by atomic mass is 10.2. The highest BCUT2D eigenvalue weighted by molar-refractivity contribution is 6.31. The predicted octanol–water partition coefficient (Wildman–Crippen LogP) is 3.04. The van der Waals surface area contributed by atoms with Crippen LogP contribution in [0.3, 0.4) is 0 Å². The van der Waals surface area contributed by atoms with Crippen LogP contribution in [0.1, 0.15) is 0 Å². The molecule has 0 amide bonds. The van der Waals surface area contributed by atoms with Gasteiger partial charge in [-0.1, -0.05) is 49.6 Å². The summed E-state index contributed by atoms with van der Waals surface area (Å²) in [4.78, 5) is 0. The van der Waals surface area contributed by atoms with Crippen molar-refractivity contribution in [2.45, 2.75) is 0 Å². The van der Waals surface area contributed by atoms with E-state index in [-0.39, 0.29) is 0 Å². The number of halogens is 1. The standard InChI is InChI=1S/C8H9Cl/c1-4-7(5-2)8(9)6-3/h4-6H,1-3H2. The van der Waals surface area contributed by atoms with Crippen molar-refractivity contribution in [2.75, 3.05) is 0 Å². The van der Waals surface area contributed by atoms with Gasteiger partial charge in [0.1, 0.15) is 0 Å². The quantitative estimate of drug-likeness (QED) is 0.529. The molecule has 0 aliphatic rings. The van der Waals surface area contributed by atoms with Crippen LogP contribution in [0.2, 0.25) is 0 Å². The average molecular weight is 141 g/mol. The van der Waals surface area contributed by atoms with Crippen LogP contribution in [0.25, 0.3) is 0 Å². The van der Waals surface area contributed by atoms with Crippen LogP contribution in [0.15, 0.2) is 48.6 Å². The van der Waals surface area contributed by atoms with Crippen molar-refractivity contribution in [1.29, 1.82) is 0 Å². The summed E-state index contributed by atoms with van der Waals surface area (Å²) in [5.41, 5.74) is 0.812. The van der Waals surface area contributed by atoms with E-state index in [1.54, 1.807) is 18.2 Å². The highest BCUT2D eigenvalue weighted by atomic mass is 35.5. The first kappa shape index (κ1) is 8.25. The lowest BCUT2D eigenvalue weighted by Gasteiger charge is -1.91. The van der Waals surface area contributed by atoms with Gasteiger partial charge in [-0.25, -0.2) is 0 Å². The molecule has 0 bridgehead atoms. The summed E-state index contributed by atoms with van der Waals surface area (Å²) in [7, 11) is 0. The van der Waals surface area contributed by atoms with Crippen LogP contribution in [0, 0.1) is 0 Å². The van der Waals surface area contributed by atoms with Gasteiger partial charge in [-0.15, -0.1) is 0 Å². The molecule has 0 spiro atoms. The summed E-state index contributed by atoms with van der Waals surface area (Å²) >= 11 is 5.65. The molecule has 0 saturated heterocycles. The fourth-order valence-corrected chi connectivity index (χ4v) is 0.550. The lowest BCUT2D eigenvalue weighted by molar-refractivity contribution is 1.69. The summed E-state index contributed by atoms with van der Waals surface area (Å²) < 4.78 is 0. The van der Waals surface area contributed by atoms with Crippen LogP contribution in [0.5, 0.6) is 0 Å². The molecule has 0 fully saturated rings. The lowest BCUT2D eigenvalue weighted by Crippen LogP contribution is -1.71. The second-order valence-electron chi connectivity index (χ2n) is 1.42. The van der Waals surface area contributed by atoms with Gasteiger partial charge < -0.3 is 0 Å². The molecule has 0 rings (SSSR count). The minimum absolute atomic E-state index is 0.583. The molecular formula is C8H9Cl. The van der Waals surface area contributed by atoms with Gasteiger partial charge in [-0.3, -0.25) is 0 Å². The molecule has 0 aromatic carbocycles. The summed E-state index contributed by atoms with van der Waals surface area (Å²) in [5.74, 6) is 0. The topological polar surface area (TPSA) is 0 Å². The molecule has 0 radical (unpaired) electrons. The number of allylic oxidation sites excluding steroid dienone is 5. The maximum Gasteiger partial charge on any atom is 0.0472 e. The molecule has 48 valence electrons. The molecule has 0 aromatic heterocycles. The van der Waals surface area contributed by atoms with Crippen molar-refractivity contribution in [3.63, 3.8) is 0 Å². The van der Waals surface area contributed by atoms with E-state index < -0.39 is 0 Å². The summed E-state index contributed by atoms with van der Waals surface area (Å²) in [6, 6.07) is 0. The Kier molecular flexibility index (Phi) is 3.81. The zero-order valence-corrected chi connectivity index (χ0v) is 5.99. The first-order valence-electron chi connectivity index (χ1n) is 2.53. The number of rotatable bonds is 3. The van der Waals surface area contributed by atoms with Gasteiger partial charge in [0, 0.05) is 5.03 Å². The minimum atomic E-state index is 0.583. The van der Waals surface area contributed by atoms with Crippen LogP contribution in [0.4, 0.5) is 0 Å². The molecule has 0 unspecified atom stereocenters. The molecule has 0 heterocycles. The fourth-order valence-electron chi connectivity index (χ4n) is 0.396. The molecule has 0 saturated carbocycles. The molecule has 0 nitrogen and oxygen atoms in total. The molecule has 0 aliphatic carbocycles. The van der Waals surface area contributed by atoms with Crippen molar-refractivity contribution in [3.05, 3.63) is 48.6 Å². The largest absolute Gasteiger partial charge is 0.0984 e. The summed E-state index contributed by atoms with van der Waals surface area (Å²) in [6.07, 6.45) is 4.83. The third kappa shape index (κ3) is 2.34. The Balaban J connectivity index is 4.56. The van der Waals surface area contributed by atoms with Crippen LogP contribution < -0.4 is 0 Å². The van der Waals surface area contributed by atoms with Gasteiger partial charge in [0.15, 0.2) is 0 Å². The van der Waals surface area contributed by atoms with Crippen molar-refractivity contribution < 1.29 is 0 Å². The first-order chi connectivity index (χ1) is 4.26. The zero-order valence-electron chi connectivity index (χ0n) is 5.23. The Morgan fingerprint density at radius 2 is 1.44 bits per heavy atom. The Hall–Kier alpha value is -0.750. The van der Waals surface area contributed by atoms with Gasteiger partial charge >= 0.3 is 0 Å². The predicted molar refractivity (Wildman–Crippen MR) is 43.5 cm³/mol. The number of hydrogen-bond acceptors (Lipinski definition) is 0. The second-order valence-corrected chi connectivity index (χ2v) is 1.82. The van der Waals surface area contributed by atoms with Crippen molar-refractivity contribution in [3.8, 4) is 0 Å². The highest BCUT2D eigenvalue weighted by Gasteiger charge is 1.88. The molecule has 0 N–H and O–H groups in total. The normalized spacial score (nSPS) is 7.67. The van der Waals surface area contributed by atoms with Gasteiger partial charge in [-0.2, -0.15) is 0 Å². The Labute approximate surface area is 60.8 Å². The Bertz CT molecular complexity index is 153. The Morgan fingerprint density at radius 3 is 1.56 bits per heavy atom. The van der Waals surface area contributed by atoms with Crippen molar-refractivity contribution >= 4 is 11.6 Å². The Morgan fingerprint density at radius 1 is 1.00 bits per heavy atom. The molecule has 0 aliphatic heterocycles. The van der Waals surface area contributed by atoms with E-state index in [0.29, 0.717) is 5.03 Å². The van der Waals surface area contributed by atoms with Crippen molar-refractivity contribution in [1.82, 2.24) is 0 Å². The van der Waals surface area contributed by atoms with E-state index in [2.05, 4.69) is 19.7 Å². The fraction of sp³-hybridized carbons (Fsp3) is 0. The van der Waals surface area contributed by atoms with Crippen LogP contribution >= 0.6 is 11.6 Å². The van der Waals surface area contributed by atoms with Gasteiger partial charge in [0.25, 0.3) is 0 Å². The zero-order chi connectivity index (χ0) is 7.28. The SMILES string of the molecule is C=CC(Cl)=C(C=C)C=C. The van der Waals surface area contributed by atoms with Crippen molar-refractivity contribution in [2.24, 2.45) is 0 Å². The summed E-state index contributed by atoms with van der Waals surface area (Å²) in [6.45, 7) is 10.6. The molecule has 0 atom stereocenters. The van der Waals surface area contributed by atoms with E-state index in [0.717, 1.165) is 5.57 Å². The van der Waals surface area contributed by atoms with Gasteiger partial charge in [-0.05, 0) is 5.57 Å². The number of hydrogen-bond donors (Lipinski definition) is 0. The maximum atomic E-state index is 5.65. The first-order valence-corrected chi connectivity index (χ1v) is 2.91. The van der Waals surface area contributed by atoms with Crippen LogP contribution in [-0.2, 0) is 0 Å². The molecular weight excluding hydrogens is 132 g/mol. The van der Waals surface area contributed by atoms with E-state index in [1.165, 1.54) is 0 Å². The molecule has 1 heteroatoms. The summed E-state index contributed by atoms with van der Waals surface area (Å²) in [5, 5.41) is 0.583. The van der Waals surface area contributed by atoms with E-state index in [4.69, 9.17) is 11.6 Å². The van der Waals surface area contributed by atoms with Crippen LogP contribution in [-0.4, -0.2) is 0 Å². The third-order valence-corrected chi connectivity index (χ3v) is 1.27. The minimum Gasteiger partial charge on any atom is -0.0984 e. The van der Waals surface area contributed by atoms with Gasteiger partial charge in [0.05, 0.1) is 0 Å². The molecule has 9 heavy (non-hydrogen) atoms. The average Bonchev–Trinajstić information content (AvgIpc) is 1.90. The van der Waals surface area contributed by atoms with E-state index in [1.807, 2.05) is 0 Å². The monoisotopic (exact) mass is 140 g/mol. The third-order valence-electron chi connectivity index (χ3n) is 0.895. The maximum absolute atomic E-state index is 5.65. The molecule has 0 aromatic rings. The second kappa shape index (κ2) is 4.16. The van der Waals surface area contributed by atoms with Gasteiger partial charge in [0.2, 0.25) is 0 Å². The van der Waals surface area contributed by atoms with E-state index in [9.17, 15) is 0 Å². The smallest absolute Gasteiger partial charge is 0.0472 e. The highest BCUT2D eigenvalue weighted by Crippen LogP contribution is 2.11. The van der Waals surface area contributed by atoms with E-state index >= 15 is 0 Å².